The lowest BCUT2D eigenvalue weighted by molar-refractivity contribution is -0.142. The highest BCUT2D eigenvalue weighted by Gasteiger charge is 2.20. The first-order valence-corrected chi connectivity index (χ1v) is 6.09. The molecule has 0 saturated carbocycles. The van der Waals surface area contributed by atoms with Gasteiger partial charge in [0.1, 0.15) is 0 Å². The number of carbonyl (C=O) groups excluding carboxylic acids is 1. The van der Waals surface area contributed by atoms with Crippen LogP contribution >= 0.6 is 0 Å². The third-order valence-electron chi connectivity index (χ3n) is 2.58. The predicted molar refractivity (Wildman–Crippen MR) is 68.5 cm³/mol. The van der Waals surface area contributed by atoms with Gasteiger partial charge < -0.3 is 20.1 Å². The van der Waals surface area contributed by atoms with Gasteiger partial charge in [-0.15, -0.1) is 0 Å². The van der Waals surface area contributed by atoms with Gasteiger partial charge in [-0.1, -0.05) is 13.8 Å². The fraction of sp³-hybridized carbons (Fsp3) is 0.833. The molecule has 0 rings (SSSR count). The molecule has 6 nitrogen and oxygen atoms in total. The van der Waals surface area contributed by atoms with E-state index in [1.165, 1.54) is 4.90 Å². The van der Waals surface area contributed by atoms with Crippen molar-refractivity contribution in [2.75, 3.05) is 33.9 Å². The summed E-state index contributed by atoms with van der Waals surface area (Å²) < 4.78 is 4.86. The summed E-state index contributed by atoms with van der Waals surface area (Å²) in [6, 6.07) is -0.276. The zero-order valence-electron chi connectivity index (χ0n) is 11.6. The number of methoxy groups -OCH3 is 1. The highest BCUT2D eigenvalue weighted by Crippen LogP contribution is 2.11. The maximum absolute atomic E-state index is 11.6. The van der Waals surface area contributed by atoms with Crippen LogP contribution in [0.1, 0.15) is 20.3 Å². The fourth-order valence-corrected chi connectivity index (χ4v) is 1.52. The normalized spacial score (nSPS) is 12.3. The Morgan fingerprint density at radius 3 is 2.44 bits per heavy atom. The van der Waals surface area contributed by atoms with Gasteiger partial charge in [-0.2, -0.15) is 0 Å². The molecule has 6 heteroatoms. The van der Waals surface area contributed by atoms with Gasteiger partial charge in [-0.25, -0.2) is 4.79 Å². The second kappa shape index (κ2) is 8.74. The minimum Gasteiger partial charge on any atom is -0.481 e. The largest absolute Gasteiger partial charge is 0.481 e. The molecule has 1 unspecified atom stereocenters. The van der Waals surface area contributed by atoms with E-state index in [0.29, 0.717) is 19.6 Å². The number of rotatable bonds is 8. The van der Waals surface area contributed by atoms with E-state index >= 15 is 0 Å². The zero-order chi connectivity index (χ0) is 14.1. The van der Waals surface area contributed by atoms with Crippen molar-refractivity contribution >= 4 is 12.0 Å². The molecule has 1 atom stereocenters. The quantitative estimate of drug-likeness (QED) is 0.683. The number of nitrogens with zero attached hydrogens (tertiary/aromatic N) is 1. The summed E-state index contributed by atoms with van der Waals surface area (Å²) in [5, 5.41) is 11.7. The van der Waals surface area contributed by atoms with E-state index in [1.54, 1.807) is 14.2 Å². The van der Waals surface area contributed by atoms with Crippen LogP contribution in [0.3, 0.4) is 0 Å². The number of carboxylic acid groups (broad SMARTS) is 1. The molecule has 0 aliphatic heterocycles. The standard InChI is InChI=1S/C12H24N2O4/c1-9(2)7-10(11(15)16)8-13-12(17)14(3)5-6-18-4/h9-10H,5-8H2,1-4H3,(H,13,17)(H,15,16). The first-order chi connectivity index (χ1) is 8.38. The minimum absolute atomic E-state index is 0.156. The molecule has 18 heavy (non-hydrogen) atoms. The van der Waals surface area contributed by atoms with E-state index < -0.39 is 11.9 Å². The van der Waals surface area contributed by atoms with Gasteiger partial charge in [-0.05, 0) is 12.3 Å². The van der Waals surface area contributed by atoms with Gasteiger partial charge in [0, 0.05) is 27.2 Å². The highest BCUT2D eigenvalue weighted by atomic mass is 16.5. The Kier molecular flexibility index (Phi) is 8.11. The molecule has 0 bridgehead atoms. The Morgan fingerprint density at radius 1 is 1.39 bits per heavy atom. The lowest BCUT2D eigenvalue weighted by Gasteiger charge is -2.20. The molecule has 0 saturated heterocycles. The van der Waals surface area contributed by atoms with Gasteiger partial charge in [0.2, 0.25) is 0 Å². The number of hydrogen-bond acceptors (Lipinski definition) is 3. The summed E-state index contributed by atoms with van der Waals surface area (Å²) in [5.74, 6) is -1.12. The summed E-state index contributed by atoms with van der Waals surface area (Å²) >= 11 is 0. The van der Waals surface area contributed by atoms with Crippen LogP contribution in [-0.4, -0.2) is 55.9 Å². The van der Waals surface area contributed by atoms with Crippen LogP contribution < -0.4 is 5.32 Å². The van der Waals surface area contributed by atoms with E-state index in [0.717, 1.165) is 0 Å². The molecule has 0 fully saturated rings. The first-order valence-electron chi connectivity index (χ1n) is 6.09. The summed E-state index contributed by atoms with van der Waals surface area (Å²) in [6.07, 6.45) is 0.553. The number of carboxylic acids is 1. The molecule has 0 aromatic carbocycles. The lowest BCUT2D eigenvalue weighted by atomic mass is 9.97. The number of urea groups is 1. The third kappa shape index (κ3) is 7.11. The first kappa shape index (κ1) is 16.7. The van der Waals surface area contributed by atoms with Crippen LogP contribution in [0.4, 0.5) is 4.79 Å². The van der Waals surface area contributed by atoms with Crippen molar-refractivity contribution < 1.29 is 19.4 Å². The molecule has 0 aliphatic rings. The number of aliphatic carboxylic acids is 1. The van der Waals surface area contributed by atoms with Crippen molar-refractivity contribution in [3.8, 4) is 0 Å². The molecule has 0 aromatic rings. The van der Waals surface area contributed by atoms with Gasteiger partial charge in [0.15, 0.2) is 0 Å². The van der Waals surface area contributed by atoms with Crippen molar-refractivity contribution in [1.29, 1.82) is 0 Å². The Hall–Kier alpha value is -1.30. The van der Waals surface area contributed by atoms with Crippen molar-refractivity contribution in [3.05, 3.63) is 0 Å². The molecule has 0 aromatic heterocycles. The van der Waals surface area contributed by atoms with Crippen molar-refractivity contribution in [2.45, 2.75) is 20.3 Å². The second-order valence-corrected chi connectivity index (χ2v) is 4.77. The Labute approximate surface area is 108 Å². The summed E-state index contributed by atoms with van der Waals surface area (Å²) in [4.78, 5) is 24.1. The van der Waals surface area contributed by atoms with Gasteiger partial charge in [-0.3, -0.25) is 4.79 Å². The van der Waals surface area contributed by atoms with Gasteiger partial charge >= 0.3 is 12.0 Å². The molecular formula is C12H24N2O4. The maximum Gasteiger partial charge on any atom is 0.317 e. The lowest BCUT2D eigenvalue weighted by Crippen LogP contribution is -2.42. The van der Waals surface area contributed by atoms with E-state index in [1.807, 2.05) is 13.8 Å². The van der Waals surface area contributed by atoms with Crippen molar-refractivity contribution in [3.63, 3.8) is 0 Å². The zero-order valence-corrected chi connectivity index (χ0v) is 11.6. The highest BCUT2D eigenvalue weighted by molar-refractivity contribution is 5.75. The molecule has 0 radical (unpaired) electrons. The van der Waals surface area contributed by atoms with Crippen LogP contribution in [0.25, 0.3) is 0 Å². The number of hydrogen-bond donors (Lipinski definition) is 2. The monoisotopic (exact) mass is 260 g/mol. The molecule has 0 heterocycles. The Morgan fingerprint density at radius 2 is 2.00 bits per heavy atom. The summed E-state index contributed by atoms with van der Waals surface area (Å²) in [6.45, 7) is 5.01. The number of nitrogens with one attached hydrogen (secondary N) is 1. The van der Waals surface area contributed by atoms with Crippen LogP contribution in [0, 0.1) is 11.8 Å². The Balaban J connectivity index is 4.10. The maximum atomic E-state index is 11.6. The van der Waals surface area contributed by atoms with Crippen molar-refractivity contribution in [2.24, 2.45) is 11.8 Å². The second-order valence-electron chi connectivity index (χ2n) is 4.77. The molecule has 0 spiro atoms. The van der Waals surface area contributed by atoms with E-state index in [9.17, 15) is 9.59 Å². The van der Waals surface area contributed by atoms with E-state index in [4.69, 9.17) is 9.84 Å². The molecule has 2 amide bonds. The summed E-state index contributed by atoms with van der Waals surface area (Å²) in [7, 11) is 3.21. The molecule has 0 aliphatic carbocycles. The SMILES string of the molecule is COCCN(C)C(=O)NCC(CC(C)C)C(=O)O. The number of likely N-dealkylation sites (N-methyl/N-ethyl adjacent to an activating group) is 1. The van der Waals surface area contributed by atoms with E-state index in [2.05, 4.69) is 5.32 Å². The smallest absolute Gasteiger partial charge is 0.317 e. The Bertz CT molecular complexity index is 269. The minimum atomic E-state index is -0.872. The van der Waals surface area contributed by atoms with Gasteiger partial charge in [0.25, 0.3) is 0 Å². The number of amides is 2. The van der Waals surface area contributed by atoms with Crippen LogP contribution in [-0.2, 0) is 9.53 Å². The van der Waals surface area contributed by atoms with Crippen LogP contribution in [0.2, 0.25) is 0 Å². The third-order valence-corrected chi connectivity index (χ3v) is 2.58. The molecule has 2 N–H and O–H groups in total. The average Bonchev–Trinajstić information content (AvgIpc) is 2.30. The van der Waals surface area contributed by atoms with Crippen molar-refractivity contribution in [1.82, 2.24) is 10.2 Å². The van der Waals surface area contributed by atoms with E-state index in [-0.39, 0.29) is 18.5 Å². The molecule has 106 valence electrons. The van der Waals surface area contributed by atoms with Crippen LogP contribution in [0.15, 0.2) is 0 Å². The fourth-order valence-electron chi connectivity index (χ4n) is 1.52. The topological polar surface area (TPSA) is 78.9 Å². The van der Waals surface area contributed by atoms with Crippen LogP contribution in [0.5, 0.6) is 0 Å². The van der Waals surface area contributed by atoms with Gasteiger partial charge in [0.05, 0.1) is 12.5 Å². The number of ether oxygens (including phenoxy) is 1. The predicted octanol–water partition coefficient (Wildman–Crippen LogP) is 1.02. The number of carbonyl (C=O) groups is 2. The average molecular weight is 260 g/mol. The molecular weight excluding hydrogens is 236 g/mol. The summed E-state index contributed by atoms with van der Waals surface area (Å²) in [5.41, 5.74) is 0.